The van der Waals surface area contributed by atoms with Gasteiger partial charge in [0.15, 0.2) is 0 Å². The summed E-state index contributed by atoms with van der Waals surface area (Å²) in [6.45, 7) is 0. The van der Waals surface area contributed by atoms with Crippen molar-refractivity contribution in [1.29, 1.82) is 0 Å². The van der Waals surface area contributed by atoms with Crippen LogP contribution >= 0.6 is 11.8 Å². The van der Waals surface area contributed by atoms with E-state index in [4.69, 9.17) is 0 Å². The predicted molar refractivity (Wildman–Crippen MR) is 69.0 cm³/mol. The zero-order chi connectivity index (χ0) is 10.3. The van der Waals surface area contributed by atoms with E-state index in [1.807, 2.05) is 11.8 Å². The number of hydrogen-bond donors (Lipinski definition) is 0. The van der Waals surface area contributed by atoms with Gasteiger partial charge in [-0.3, -0.25) is 0 Å². The van der Waals surface area contributed by atoms with Crippen LogP contribution in [0.5, 0.6) is 0 Å². The molecule has 0 radical (unpaired) electrons. The maximum absolute atomic E-state index is 2.18. The first kappa shape index (κ1) is 14.5. The van der Waals surface area contributed by atoms with E-state index in [0.717, 1.165) is 11.5 Å². The van der Waals surface area contributed by atoms with Gasteiger partial charge in [-0.2, -0.15) is 11.8 Å². The van der Waals surface area contributed by atoms with Gasteiger partial charge in [0.05, 0.1) is 0 Å². The molecule has 0 fully saturated rings. The van der Waals surface area contributed by atoms with Crippen molar-refractivity contribution in [3.05, 3.63) is 71.8 Å². The molecule has 0 aliphatic carbocycles. The third-order valence-electron chi connectivity index (χ3n) is 2.22. The van der Waals surface area contributed by atoms with Crippen molar-refractivity contribution in [2.24, 2.45) is 0 Å². The Morgan fingerprint density at radius 1 is 0.688 bits per heavy atom. The summed E-state index contributed by atoms with van der Waals surface area (Å²) >= 11 is 1.96. The van der Waals surface area contributed by atoms with E-state index in [1.165, 1.54) is 11.1 Å². The first-order chi connectivity index (χ1) is 7.45. The van der Waals surface area contributed by atoms with Gasteiger partial charge in [-0.1, -0.05) is 60.7 Å². The molecule has 0 nitrogen and oxygen atoms in total. The smallest absolute Gasteiger partial charge is 1.00 e. The molecular weight excluding hydrogens is 239 g/mol. The quantitative estimate of drug-likeness (QED) is 0.740. The zero-order valence-electron chi connectivity index (χ0n) is 10.6. The third-order valence-corrected chi connectivity index (χ3v) is 3.30. The van der Waals surface area contributed by atoms with Gasteiger partial charge in [-0.05, 0) is 11.1 Å². The average Bonchev–Trinajstić information content (AvgIpc) is 2.32. The van der Waals surface area contributed by atoms with Crippen LogP contribution in [0.2, 0.25) is 0 Å². The Labute approximate surface area is 146 Å². The molecule has 0 aliphatic rings. The second-order valence-corrected chi connectivity index (χ2v) is 4.45. The normalized spacial score (nSPS) is 9.50. The fourth-order valence-corrected chi connectivity index (χ4v) is 2.39. The molecule has 0 bridgehead atoms. The summed E-state index contributed by atoms with van der Waals surface area (Å²) in [5, 5.41) is 0. The molecule has 2 aromatic carbocycles. The Morgan fingerprint density at radius 3 is 1.44 bits per heavy atom. The van der Waals surface area contributed by atoms with E-state index >= 15 is 0 Å². The summed E-state index contributed by atoms with van der Waals surface area (Å²) in [5.74, 6) is 2.19. The summed E-state index contributed by atoms with van der Waals surface area (Å²) in [4.78, 5) is 0. The SMILES string of the molecule is [H-].[K+].c1ccc(CSCc2ccccc2)cc1. The molecule has 0 saturated carbocycles. The first-order valence-corrected chi connectivity index (χ1v) is 6.26. The third kappa shape index (κ3) is 5.17. The molecule has 0 saturated heterocycles. The van der Waals surface area contributed by atoms with Crippen molar-refractivity contribution in [3.63, 3.8) is 0 Å². The van der Waals surface area contributed by atoms with Crippen LogP contribution in [-0.4, -0.2) is 0 Å². The second-order valence-electron chi connectivity index (χ2n) is 3.46. The molecule has 16 heavy (non-hydrogen) atoms. The Kier molecular flexibility index (Phi) is 7.70. The van der Waals surface area contributed by atoms with Crippen molar-refractivity contribution >= 4 is 11.8 Å². The van der Waals surface area contributed by atoms with Gasteiger partial charge >= 0.3 is 51.4 Å². The van der Waals surface area contributed by atoms with Crippen LogP contribution in [-0.2, 0) is 11.5 Å². The summed E-state index contributed by atoms with van der Waals surface area (Å²) in [6, 6.07) is 21.2. The number of thioether (sulfide) groups is 1. The summed E-state index contributed by atoms with van der Waals surface area (Å²) in [6.07, 6.45) is 0. The van der Waals surface area contributed by atoms with Crippen molar-refractivity contribution in [1.82, 2.24) is 0 Å². The van der Waals surface area contributed by atoms with Crippen LogP contribution in [0.3, 0.4) is 0 Å². The van der Waals surface area contributed by atoms with Crippen LogP contribution < -0.4 is 51.4 Å². The molecule has 0 atom stereocenters. The molecule has 2 rings (SSSR count). The van der Waals surface area contributed by atoms with Gasteiger partial charge in [0.25, 0.3) is 0 Å². The minimum absolute atomic E-state index is 0. The van der Waals surface area contributed by atoms with Crippen LogP contribution in [0, 0.1) is 0 Å². The molecular formula is C14H15KS. The number of benzene rings is 2. The average molecular weight is 254 g/mol. The second kappa shape index (κ2) is 8.51. The fraction of sp³-hybridized carbons (Fsp3) is 0.143. The van der Waals surface area contributed by atoms with Gasteiger partial charge in [-0.25, -0.2) is 0 Å². The van der Waals surface area contributed by atoms with E-state index in [0.29, 0.717) is 0 Å². The van der Waals surface area contributed by atoms with Gasteiger partial charge in [0.1, 0.15) is 0 Å². The van der Waals surface area contributed by atoms with E-state index in [-0.39, 0.29) is 52.8 Å². The molecule has 0 aliphatic heterocycles. The van der Waals surface area contributed by atoms with Gasteiger partial charge in [0.2, 0.25) is 0 Å². The Balaban J connectivity index is 0.00000128. The molecule has 0 amide bonds. The molecule has 0 heterocycles. The summed E-state index contributed by atoms with van der Waals surface area (Å²) in [7, 11) is 0. The molecule has 0 unspecified atom stereocenters. The van der Waals surface area contributed by atoms with E-state index in [1.54, 1.807) is 0 Å². The Hall–Kier alpha value is 0.426. The minimum atomic E-state index is 0. The van der Waals surface area contributed by atoms with E-state index < -0.39 is 0 Å². The van der Waals surface area contributed by atoms with Gasteiger partial charge in [-0.15, -0.1) is 0 Å². The molecule has 0 aromatic heterocycles. The van der Waals surface area contributed by atoms with Crippen molar-refractivity contribution in [2.45, 2.75) is 11.5 Å². The van der Waals surface area contributed by atoms with Crippen LogP contribution in [0.4, 0.5) is 0 Å². The van der Waals surface area contributed by atoms with E-state index in [9.17, 15) is 0 Å². The largest absolute Gasteiger partial charge is 1.00 e. The van der Waals surface area contributed by atoms with Gasteiger partial charge < -0.3 is 1.43 Å². The molecule has 2 heteroatoms. The maximum atomic E-state index is 2.18. The van der Waals surface area contributed by atoms with Crippen LogP contribution in [0.1, 0.15) is 12.6 Å². The Morgan fingerprint density at radius 2 is 1.06 bits per heavy atom. The van der Waals surface area contributed by atoms with E-state index in [2.05, 4.69) is 60.7 Å². The fourth-order valence-electron chi connectivity index (χ4n) is 1.44. The topological polar surface area (TPSA) is 0 Å². The summed E-state index contributed by atoms with van der Waals surface area (Å²) < 4.78 is 0. The zero-order valence-corrected chi connectivity index (χ0v) is 13.5. The van der Waals surface area contributed by atoms with Crippen LogP contribution in [0.25, 0.3) is 0 Å². The predicted octanol–water partition coefficient (Wildman–Crippen LogP) is 1.24. The minimum Gasteiger partial charge on any atom is -1.00 e. The number of hydrogen-bond acceptors (Lipinski definition) is 1. The van der Waals surface area contributed by atoms with Crippen LogP contribution in [0.15, 0.2) is 60.7 Å². The number of rotatable bonds is 4. The molecule has 2 aromatic rings. The molecule has 0 spiro atoms. The van der Waals surface area contributed by atoms with Gasteiger partial charge in [0, 0.05) is 11.5 Å². The Bertz CT molecular complexity index is 352. The molecule has 78 valence electrons. The van der Waals surface area contributed by atoms with Crippen molar-refractivity contribution in [3.8, 4) is 0 Å². The van der Waals surface area contributed by atoms with Crippen molar-refractivity contribution in [2.75, 3.05) is 0 Å². The standard InChI is InChI=1S/C14H14S.K.H/c1-3-7-13(8-4-1)11-15-12-14-9-5-2-6-10-14;;/h1-10H,11-12H2;;/q;+1;-1. The monoisotopic (exact) mass is 254 g/mol. The maximum Gasteiger partial charge on any atom is 1.00 e. The first-order valence-electron chi connectivity index (χ1n) is 5.11. The summed E-state index contributed by atoms with van der Waals surface area (Å²) in [5.41, 5.74) is 2.80. The van der Waals surface area contributed by atoms with Crippen molar-refractivity contribution < 1.29 is 52.8 Å². The molecule has 0 N–H and O–H groups in total.